The monoisotopic (exact) mass is 284 g/mol. The second-order valence-electron chi connectivity index (χ2n) is 4.79. The molecule has 1 aromatic heterocycles. The van der Waals surface area contributed by atoms with Crippen molar-refractivity contribution in [3.8, 4) is 0 Å². The van der Waals surface area contributed by atoms with Crippen LogP contribution in [0.2, 0.25) is 0 Å². The lowest BCUT2D eigenvalue weighted by Crippen LogP contribution is -3.00. The predicted octanol–water partition coefficient (Wildman–Crippen LogP) is 0.161. The highest BCUT2D eigenvalue weighted by atomic mass is 35.5. The van der Waals surface area contributed by atoms with Gasteiger partial charge in [0.25, 0.3) is 0 Å². The molecule has 0 radical (unpaired) electrons. The average Bonchev–Trinajstić information content (AvgIpc) is 2.77. The summed E-state index contributed by atoms with van der Waals surface area (Å²) in [6, 6.07) is 17.0. The zero-order valence-electron chi connectivity index (χ0n) is 11.5. The number of para-hydroxylation sites is 2. The lowest BCUT2D eigenvalue weighted by molar-refractivity contribution is -0.645. The molecule has 0 unspecified atom stereocenters. The molecule has 20 heavy (non-hydrogen) atoms. The average molecular weight is 285 g/mol. The van der Waals surface area contributed by atoms with Gasteiger partial charge in [0.05, 0.1) is 7.05 Å². The van der Waals surface area contributed by atoms with Gasteiger partial charge in [0.1, 0.15) is 6.54 Å². The van der Waals surface area contributed by atoms with Crippen LogP contribution in [0.3, 0.4) is 0 Å². The summed E-state index contributed by atoms with van der Waals surface area (Å²) in [5.41, 5.74) is 4.97. The Balaban J connectivity index is 0.00000147. The maximum atomic E-state index is 3.78. The third-order valence-electron chi connectivity index (χ3n) is 3.45. The number of benzene rings is 2. The molecule has 0 aliphatic rings. The Morgan fingerprint density at radius 1 is 1.10 bits per heavy atom. The van der Waals surface area contributed by atoms with E-state index in [2.05, 4.69) is 77.6 Å². The number of aryl methyl sites for hydroxylation is 1. The SMILES string of the molecule is C=Cc1ccc(Cn2c[n+](C)c3ccccc32)cc1.[Cl-]. The Bertz CT molecular complexity index is 726. The molecule has 0 aliphatic heterocycles. The van der Waals surface area contributed by atoms with Crippen molar-refractivity contribution in [2.75, 3.05) is 0 Å². The summed E-state index contributed by atoms with van der Waals surface area (Å²) in [6.07, 6.45) is 4.01. The van der Waals surface area contributed by atoms with E-state index in [1.807, 2.05) is 6.08 Å². The minimum absolute atomic E-state index is 0. The molecule has 3 rings (SSSR count). The van der Waals surface area contributed by atoms with E-state index in [1.54, 1.807) is 0 Å². The zero-order chi connectivity index (χ0) is 13.2. The largest absolute Gasteiger partial charge is 1.00 e. The van der Waals surface area contributed by atoms with Crippen molar-refractivity contribution >= 4 is 17.1 Å². The van der Waals surface area contributed by atoms with E-state index in [4.69, 9.17) is 0 Å². The second kappa shape index (κ2) is 5.93. The van der Waals surface area contributed by atoms with Crippen LogP contribution in [0.5, 0.6) is 0 Å². The summed E-state index contributed by atoms with van der Waals surface area (Å²) >= 11 is 0. The Labute approximate surface area is 125 Å². The van der Waals surface area contributed by atoms with Crippen molar-refractivity contribution in [2.24, 2.45) is 7.05 Å². The van der Waals surface area contributed by atoms with E-state index in [1.165, 1.54) is 16.6 Å². The summed E-state index contributed by atoms with van der Waals surface area (Å²) in [5.74, 6) is 0. The molecule has 2 nitrogen and oxygen atoms in total. The third-order valence-corrected chi connectivity index (χ3v) is 3.45. The van der Waals surface area contributed by atoms with E-state index in [0.717, 1.165) is 12.1 Å². The van der Waals surface area contributed by atoms with Crippen molar-refractivity contribution in [2.45, 2.75) is 6.54 Å². The predicted molar refractivity (Wildman–Crippen MR) is 78.7 cm³/mol. The van der Waals surface area contributed by atoms with E-state index in [-0.39, 0.29) is 12.4 Å². The van der Waals surface area contributed by atoms with Crippen LogP contribution in [0.25, 0.3) is 17.1 Å². The second-order valence-corrected chi connectivity index (χ2v) is 4.79. The fraction of sp³-hybridized carbons (Fsp3) is 0.118. The fourth-order valence-corrected chi connectivity index (χ4v) is 2.42. The van der Waals surface area contributed by atoms with Gasteiger partial charge in [-0.2, -0.15) is 0 Å². The van der Waals surface area contributed by atoms with Crippen molar-refractivity contribution in [3.63, 3.8) is 0 Å². The maximum absolute atomic E-state index is 3.78. The molecule has 0 N–H and O–H groups in total. The smallest absolute Gasteiger partial charge is 0.244 e. The van der Waals surface area contributed by atoms with Crippen molar-refractivity contribution in [3.05, 3.63) is 72.6 Å². The van der Waals surface area contributed by atoms with Crippen LogP contribution in [0.15, 0.2) is 61.4 Å². The first-order valence-corrected chi connectivity index (χ1v) is 6.43. The molecule has 0 saturated carbocycles. The van der Waals surface area contributed by atoms with E-state index >= 15 is 0 Å². The molecule has 0 aliphatic carbocycles. The summed E-state index contributed by atoms with van der Waals surface area (Å²) in [6.45, 7) is 4.67. The van der Waals surface area contributed by atoms with E-state index in [9.17, 15) is 0 Å². The summed E-state index contributed by atoms with van der Waals surface area (Å²) in [5, 5.41) is 0. The molecule has 1 heterocycles. The van der Waals surface area contributed by atoms with Gasteiger partial charge in [0, 0.05) is 0 Å². The summed E-state index contributed by atoms with van der Waals surface area (Å²) < 4.78 is 4.44. The molecule has 0 bridgehead atoms. The van der Waals surface area contributed by atoms with Crippen LogP contribution in [-0.2, 0) is 13.6 Å². The first kappa shape index (κ1) is 14.4. The number of hydrogen-bond donors (Lipinski definition) is 0. The Hall–Kier alpha value is -2.06. The van der Waals surface area contributed by atoms with Crippen molar-refractivity contribution in [1.29, 1.82) is 0 Å². The van der Waals surface area contributed by atoms with Gasteiger partial charge in [0.15, 0.2) is 11.0 Å². The number of aromatic nitrogens is 2. The van der Waals surface area contributed by atoms with Crippen LogP contribution in [0.4, 0.5) is 0 Å². The molecule has 3 heteroatoms. The first-order chi connectivity index (χ1) is 9.28. The quantitative estimate of drug-likeness (QED) is 0.606. The molecule has 102 valence electrons. The highest BCUT2D eigenvalue weighted by Crippen LogP contribution is 2.13. The number of hydrogen-bond acceptors (Lipinski definition) is 0. The van der Waals surface area contributed by atoms with Gasteiger partial charge in [-0.05, 0) is 23.3 Å². The molecule has 0 saturated heterocycles. The van der Waals surface area contributed by atoms with Gasteiger partial charge < -0.3 is 12.4 Å². The lowest BCUT2D eigenvalue weighted by Gasteiger charge is -2.00. The molecule has 0 fully saturated rings. The van der Waals surface area contributed by atoms with E-state index < -0.39 is 0 Å². The fourth-order valence-electron chi connectivity index (χ4n) is 2.42. The number of fused-ring (bicyclic) bond motifs is 1. The number of imidazole rings is 1. The normalized spacial score (nSPS) is 10.2. The van der Waals surface area contributed by atoms with Crippen molar-refractivity contribution in [1.82, 2.24) is 4.57 Å². The Morgan fingerprint density at radius 3 is 2.50 bits per heavy atom. The molecule has 2 aromatic carbocycles. The third kappa shape index (κ3) is 2.61. The van der Waals surface area contributed by atoms with Crippen LogP contribution in [-0.4, -0.2) is 4.57 Å². The van der Waals surface area contributed by atoms with Crippen LogP contribution in [0, 0.1) is 0 Å². The Kier molecular flexibility index (Phi) is 4.26. The topological polar surface area (TPSA) is 8.81 Å². The minimum Gasteiger partial charge on any atom is -1.00 e. The minimum atomic E-state index is 0. The number of halogens is 1. The molecular weight excluding hydrogens is 268 g/mol. The highest BCUT2D eigenvalue weighted by Gasteiger charge is 2.12. The molecule has 3 aromatic rings. The van der Waals surface area contributed by atoms with Crippen LogP contribution >= 0.6 is 0 Å². The van der Waals surface area contributed by atoms with Crippen LogP contribution < -0.4 is 17.0 Å². The van der Waals surface area contributed by atoms with Gasteiger partial charge in [-0.3, -0.25) is 0 Å². The molecule has 0 spiro atoms. The Morgan fingerprint density at radius 2 is 1.80 bits per heavy atom. The van der Waals surface area contributed by atoms with Gasteiger partial charge in [-0.1, -0.05) is 49.1 Å². The van der Waals surface area contributed by atoms with Crippen LogP contribution in [0.1, 0.15) is 11.1 Å². The number of nitrogens with zero attached hydrogens (tertiary/aromatic N) is 2. The lowest BCUT2D eigenvalue weighted by atomic mass is 10.1. The number of rotatable bonds is 3. The highest BCUT2D eigenvalue weighted by molar-refractivity contribution is 5.71. The van der Waals surface area contributed by atoms with Gasteiger partial charge in [-0.25, -0.2) is 9.13 Å². The zero-order valence-corrected chi connectivity index (χ0v) is 12.2. The first-order valence-electron chi connectivity index (χ1n) is 6.43. The van der Waals surface area contributed by atoms with Gasteiger partial charge in [0.2, 0.25) is 6.33 Å². The summed E-state index contributed by atoms with van der Waals surface area (Å²) in [4.78, 5) is 0. The molecule has 0 amide bonds. The standard InChI is InChI=1S/C17H17N2.ClH/c1-3-14-8-10-15(11-9-14)12-19-13-18(2)16-6-4-5-7-17(16)19;/h3-11,13H,1,12H2,2H3;1H/q+1;/p-1. The summed E-state index contributed by atoms with van der Waals surface area (Å²) in [7, 11) is 2.08. The van der Waals surface area contributed by atoms with Crippen molar-refractivity contribution < 1.29 is 17.0 Å². The maximum Gasteiger partial charge on any atom is 0.244 e. The van der Waals surface area contributed by atoms with Gasteiger partial charge >= 0.3 is 0 Å². The molecule has 0 atom stereocenters. The van der Waals surface area contributed by atoms with E-state index in [0.29, 0.717) is 0 Å². The van der Waals surface area contributed by atoms with Gasteiger partial charge in [-0.15, -0.1) is 0 Å². The molecular formula is C17H17ClN2.